The van der Waals surface area contributed by atoms with Crippen molar-refractivity contribution in [3.63, 3.8) is 0 Å². The van der Waals surface area contributed by atoms with E-state index in [0.29, 0.717) is 11.7 Å². The number of carbonyl (C=O) groups is 1. The molecule has 0 aliphatic heterocycles. The highest BCUT2D eigenvalue weighted by Crippen LogP contribution is 2.25. The first-order valence-corrected chi connectivity index (χ1v) is 10.6. The van der Waals surface area contributed by atoms with Crippen molar-refractivity contribution in [2.45, 2.75) is 39.3 Å². The number of hydrogen-bond acceptors (Lipinski definition) is 6. The third-order valence-corrected chi connectivity index (χ3v) is 5.87. The Kier molecular flexibility index (Phi) is 6.85. The van der Waals surface area contributed by atoms with Crippen LogP contribution in [0.3, 0.4) is 0 Å². The maximum absolute atomic E-state index is 13.0. The fourth-order valence-corrected chi connectivity index (χ4v) is 3.96. The molecule has 0 aliphatic carbocycles. The molecular weight excluding hydrogens is 396 g/mol. The van der Waals surface area contributed by atoms with Gasteiger partial charge in [-0.1, -0.05) is 36.0 Å². The molecule has 0 aliphatic rings. The number of aromatic nitrogens is 4. The number of amides is 1. The summed E-state index contributed by atoms with van der Waals surface area (Å²) in [4.78, 5) is 14.7. The van der Waals surface area contributed by atoms with E-state index in [-0.39, 0.29) is 18.1 Å². The number of nitriles is 1. The number of thioether (sulfide) groups is 1. The second-order valence-corrected chi connectivity index (χ2v) is 8.07. The van der Waals surface area contributed by atoms with Gasteiger partial charge in [-0.05, 0) is 72.5 Å². The Morgan fingerprint density at radius 3 is 2.50 bits per heavy atom. The number of anilines is 1. The van der Waals surface area contributed by atoms with E-state index >= 15 is 0 Å². The van der Waals surface area contributed by atoms with Crippen LogP contribution in [-0.2, 0) is 4.79 Å². The summed E-state index contributed by atoms with van der Waals surface area (Å²) in [6, 6.07) is 14.0. The van der Waals surface area contributed by atoms with Gasteiger partial charge in [-0.3, -0.25) is 4.79 Å². The van der Waals surface area contributed by atoms with Crippen molar-refractivity contribution in [1.82, 2.24) is 20.2 Å². The zero-order valence-electron chi connectivity index (χ0n) is 17.6. The molecule has 0 radical (unpaired) electrons. The fourth-order valence-electron chi connectivity index (χ4n) is 3.21. The summed E-state index contributed by atoms with van der Waals surface area (Å²) in [5.41, 5.74) is 6.10. The van der Waals surface area contributed by atoms with Crippen molar-refractivity contribution < 1.29 is 4.79 Å². The summed E-state index contributed by atoms with van der Waals surface area (Å²) < 4.78 is 1.68. The van der Waals surface area contributed by atoms with Gasteiger partial charge in [0.05, 0.1) is 23.9 Å². The molecule has 1 heterocycles. The van der Waals surface area contributed by atoms with Crippen molar-refractivity contribution in [2.24, 2.45) is 0 Å². The molecule has 0 saturated heterocycles. The zero-order chi connectivity index (χ0) is 21.7. The molecule has 0 atom stereocenters. The first-order chi connectivity index (χ1) is 14.4. The summed E-state index contributed by atoms with van der Waals surface area (Å²) in [7, 11) is 0. The van der Waals surface area contributed by atoms with Crippen LogP contribution in [-0.4, -0.2) is 38.4 Å². The van der Waals surface area contributed by atoms with E-state index in [1.54, 1.807) is 9.58 Å². The minimum atomic E-state index is -0.0884. The molecule has 1 amide bonds. The highest BCUT2D eigenvalue weighted by molar-refractivity contribution is 7.99. The SMILES string of the molecule is Cc1ccc(N(CCC#N)C(=O)CSc2nnnn2-c2c(C)cccc2C)cc1C. The largest absolute Gasteiger partial charge is 0.311 e. The lowest BCUT2D eigenvalue weighted by Crippen LogP contribution is -2.33. The van der Waals surface area contributed by atoms with Crippen LogP contribution in [0.4, 0.5) is 5.69 Å². The van der Waals surface area contributed by atoms with E-state index in [1.807, 2.05) is 64.1 Å². The highest BCUT2D eigenvalue weighted by atomic mass is 32.2. The lowest BCUT2D eigenvalue weighted by molar-refractivity contribution is -0.116. The Labute approximate surface area is 180 Å². The van der Waals surface area contributed by atoms with Crippen molar-refractivity contribution in [1.29, 1.82) is 5.26 Å². The number of tetrazole rings is 1. The summed E-state index contributed by atoms with van der Waals surface area (Å²) in [6.45, 7) is 8.41. The van der Waals surface area contributed by atoms with Gasteiger partial charge in [-0.15, -0.1) is 5.10 Å². The molecule has 0 fully saturated rings. The van der Waals surface area contributed by atoms with Crippen molar-refractivity contribution >= 4 is 23.4 Å². The van der Waals surface area contributed by atoms with Crippen LogP contribution in [0.2, 0.25) is 0 Å². The van der Waals surface area contributed by atoms with Crippen LogP contribution >= 0.6 is 11.8 Å². The number of carbonyl (C=O) groups excluding carboxylic acids is 1. The van der Waals surface area contributed by atoms with Crippen LogP contribution in [0.25, 0.3) is 5.69 Å². The monoisotopic (exact) mass is 420 g/mol. The van der Waals surface area contributed by atoms with Gasteiger partial charge in [-0.2, -0.15) is 9.94 Å². The smallest absolute Gasteiger partial charge is 0.237 e. The summed E-state index contributed by atoms with van der Waals surface area (Å²) in [5, 5.41) is 21.6. The van der Waals surface area contributed by atoms with Crippen molar-refractivity contribution in [3.8, 4) is 11.8 Å². The third-order valence-electron chi connectivity index (χ3n) is 4.97. The number of aryl methyl sites for hydroxylation is 4. The number of hydrogen-bond donors (Lipinski definition) is 0. The molecule has 0 N–H and O–H groups in total. The molecule has 0 bridgehead atoms. The summed E-state index contributed by atoms with van der Waals surface area (Å²) in [5.74, 6) is 0.0819. The fraction of sp³-hybridized carbons (Fsp3) is 0.318. The van der Waals surface area contributed by atoms with E-state index in [1.165, 1.54) is 11.8 Å². The van der Waals surface area contributed by atoms with Gasteiger partial charge >= 0.3 is 0 Å². The molecule has 30 heavy (non-hydrogen) atoms. The van der Waals surface area contributed by atoms with E-state index in [4.69, 9.17) is 5.26 Å². The van der Waals surface area contributed by atoms with Gasteiger partial charge in [0.1, 0.15) is 0 Å². The predicted octanol–water partition coefficient (Wildman–Crippen LogP) is 3.93. The average Bonchev–Trinajstić information content (AvgIpc) is 3.17. The number of nitrogens with zero attached hydrogens (tertiary/aromatic N) is 6. The highest BCUT2D eigenvalue weighted by Gasteiger charge is 2.19. The Hall–Kier alpha value is -3.18. The molecule has 2 aromatic carbocycles. The van der Waals surface area contributed by atoms with Gasteiger partial charge in [0.15, 0.2) is 0 Å². The van der Waals surface area contributed by atoms with Crippen LogP contribution in [0.5, 0.6) is 0 Å². The van der Waals surface area contributed by atoms with E-state index < -0.39 is 0 Å². The number of rotatable bonds is 7. The van der Waals surface area contributed by atoms with Crippen molar-refractivity contribution in [3.05, 3.63) is 58.7 Å². The van der Waals surface area contributed by atoms with E-state index in [0.717, 1.165) is 33.6 Å². The van der Waals surface area contributed by atoms with Crippen LogP contribution in [0.15, 0.2) is 41.6 Å². The van der Waals surface area contributed by atoms with Gasteiger partial charge in [0, 0.05) is 12.2 Å². The average molecular weight is 421 g/mol. The molecule has 0 saturated carbocycles. The Morgan fingerprint density at radius 2 is 1.83 bits per heavy atom. The molecule has 3 rings (SSSR count). The zero-order valence-corrected chi connectivity index (χ0v) is 18.4. The first-order valence-electron chi connectivity index (χ1n) is 9.64. The molecule has 154 valence electrons. The molecule has 3 aromatic rings. The quantitative estimate of drug-likeness (QED) is 0.538. The van der Waals surface area contributed by atoms with Gasteiger partial charge in [0.2, 0.25) is 11.1 Å². The normalized spacial score (nSPS) is 10.6. The molecule has 0 unspecified atom stereocenters. The third kappa shape index (κ3) is 4.69. The number of benzene rings is 2. The van der Waals surface area contributed by atoms with Crippen LogP contribution < -0.4 is 4.90 Å². The van der Waals surface area contributed by atoms with Crippen LogP contribution in [0.1, 0.15) is 28.7 Å². The molecular formula is C22H24N6OS. The first kappa shape index (κ1) is 21.5. The number of para-hydroxylation sites is 1. The Balaban J connectivity index is 1.81. The molecule has 0 spiro atoms. The molecule has 1 aromatic heterocycles. The second kappa shape index (κ2) is 9.55. The predicted molar refractivity (Wildman–Crippen MR) is 118 cm³/mol. The van der Waals surface area contributed by atoms with Gasteiger partial charge in [-0.25, -0.2) is 0 Å². The Morgan fingerprint density at radius 1 is 1.10 bits per heavy atom. The maximum Gasteiger partial charge on any atom is 0.237 e. The molecule has 8 heteroatoms. The van der Waals surface area contributed by atoms with Crippen LogP contribution in [0, 0.1) is 39.0 Å². The lowest BCUT2D eigenvalue weighted by atomic mass is 10.1. The topological polar surface area (TPSA) is 87.7 Å². The summed E-state index contributed by atoms with van der Waals surface area (Å²) in [6.07, 6.45) is 0.267. The molecule has 7 nitrogen and oxygen atoms in total. The standard InChI is InChI=1S/C22H24N6OS/c1-15-9-10-19(13-18(15)4)27(12-6-11-23)20(29)14-30-22-24-25-26-28(22)21-16(2)7-5-8-17(21)3/h5,7-10,13H,6,12,14H2,1-4H3. The second-order valence-electron chi connectivity index (χ2n) is 7.12. The van der Waals surface area contributed by atoms with E-state index in [9.17, 15) is 4.79 Å². The van der Waals surface area contributed by atoms with E-state index in [2.05, 4.69) is 21.6 Å². The maximum atomic E-state index is 13.0. The van der Waals surface area contributed by atoms with Gasteiger partial charge in [0.25, 0.3) is 0 Å². The van der Waals surface area contributed by atoms with Gasteiger partial charge < -0.3 is 4.90 Å². The minimum Gasteiger partial charge on any atom is -0.311 e. The minimum absolute atomic E-state index is 0.0884. The van der Waals surface area contributed by atoms with Crippen molar-refractivity contribution in [2.75, 3.05) is 17.2 Å². The lowest BCUT2D eigenvalue weighted by Gasteiger charge is -2.22. The Bertz CT molecular complexity index is 1080. The summed E-state index contributed by atoms with van der Waals surface area (Å²) >= 11 is 1.29.